The number of amides is 1. The predicted octanol–water partition coefficient (Wildman–Crippen LogP) is 1.74. The molecule has 0 spiro atoms. The fourth-order valence-corrected chi connectivity index (χ4v) is 1.41. The molecule has 1 amide bonds. The second kappa shape index (κ2) is 5.49. The number of furan rings is 1. The van der Waals surface area contributed by atoms with Gasteiger partial charge in [0.15, 0.2) is 5.76 Å². The summed E-state index contributed by atoms with van der Waals surface area (Å²) in [4.78, 5) is 11.1. The fourth-order valence-electron chi connectivity index (χ4n) is 1.41. The standard InChI is InChI=1S/C12H10F2N2O3/c13-7-3-8(14)5-10(4-7)18-6-9-1-2-11(19-9)12(17)16-15/h1-5H,6,15H2,(H,16,17). The Balaban J connectivity index is 2.02. The van der Waals surface area contributed by atoms with Crippen LogP contribution in [-0.4, -0.2) is 5.91 Å². The van der Waals surface area contributed by atoms with Crippen LogP contribution in [0.25, 0.3) is 0 Å². The highest BCUT2D eigenvalue weighted by molar-refractivity contribution is 5.90. The molecule has 3 N–H and O–H groups in total. The number of nitrogen functional groups attached to an aromatic ring is 1. The Labute approximate surface area is 106 Å². The van der Waals surface area contributed by atoms with Crippen molar-refractivity contribution in [2.75, 3.05) is 0 Å². The van der Waals surface area contributed by atoms with E-state index in [-0.39, 0.29) is 18.1 Å². The van der Waals surface area contributed by atoms with Gasteiger partial charge < -0.3 is 9.15 Å². The lowest BCUT2D eigenvalue weighted by molar-refractivity contribution is 0.0922. The zero-order chi connectivity index (χ0) is 13.8. The average Bonchev–Trinajstić information content (AvgIpc) is 2.83. The maximum Gasteiger partial charge on any atom is 0.300 e. The minimum Gasteiger partial charge on any atom is -0.485 e. The summed E-state index contributed by atoms with van der Waals surface area (Å²) in [5, 5.41) is 0. The predicted molar refractivity (Wildman–Crippen MR) is 61.1 cm³/mol. The lowest BCUT2D eigenvalue weighted by Crippen LogP contribution is -2.29. The van der Waals surface area contributed by atoms with Crippen LogP contribution in [0.3, 0.4) is 0 Å². The van der Waals surface area contributed by atoms with Gasteiger partial charge in [0.2, 0.25) is 0 Å². The molecule has 1 heterocycles. The molecule has 0 unspecified atom stereocenters. The lowest BCUT2D eigenvalue weighted by Gasteiger charge is -2.04. The molecule has 5 nitrogen and oxygen atoms in total. The first-order chi connectivity index (χ1) is 9.08. The molecule has 0 atom stereocenters. The third-order valence-electron chi connectivity index (χ3n) is 2.23. The number of nitrogens with one attached hydrogen (secondary N) is 1. The van der Waals surface area contributed by atoms with Gasteiger partial charge in [-0.2, -0.15) is 0 Å². The summed E-state index contributed by atoms with van der Waals surface area (Å²) in [7, 11) is 0. The third kappa shape index (κ3) is 3.29. The maximum atomic E-state index is 12.9. The van der Waals surface area contributed by atoms with Gasteiger partial charge >= 0.3 is 5.91 Å². The van der Waals surface area contributed by atoms with Crippen LogP contribution in [-0.2, 0) is 6.61 Å². The highest BCUT2D eigenvalue weighted by Gasteiger charge is 2.10. The van der Waals surface area contributed by atoms with Crippen molar-refractivity contribution in [1.29, 1.82) is 0 Å². The number of benzene rings is 1. The number of nitrogens with two attached hydrogens (primary N) is 1. The average molecular weight is 268 g/mol. The molecule has 0 saturated carbocycles. The van der Waals surface area contributed by atoms with E-state index >= 15 is 0 Å². The number of carbonyl (C=O) groups is 1. The second-order valence-electron chi connectivity index (χ2n) is 3.63. The van der Waals surface area contributed by atoms with E-state index < -0.39 is 17.5 Å². The van der Waals surface area contributed by atoms with Gasteiger partial charge in [0.25, 0.3) is 0 Å². The Morgan fingerprint density at radius 1 is 1.26 bits per heavy atom. The van der Waals surface area contributed by atoms with Crippen molar-refractivity contribution in [3.63, 3.8) is 0 Å². The molecule has 1 aromatic carbocycles. The highest BCUT2D eigenvalue weighted by atomic mass is 19.1. The van der Waals surface area contributed by atoms with Crippen LogP contribution < -0.4 is 16.0 Å². The number of hydrazine groups is 1. The number of hydrogen-bond acceptors (Lipinski definition) is 4. The first-order valence-corrected chi connectivity index (χ1v) is 5.27. The van der Waals surface area contributed by atoms with Crippen molar-refractivity contribution < 1.29 is 22.7 Å². The van der Waals surface area contributed by atoms with Gasteiger partial charge in [-0.25, -0.2) is 14.6 Å². The van der Waals surface area contributed by atoms with Gasteiger partial charge in [-0.1, -0.05) is 0 Å². The van der Waals surface area contributed by atoms with E-state index in [1.54, 1.807) is 0 Å². The molecule has 0 bridgehead atoms. The normalized spacial score (nSPS) is 10.3. The van der Waals surface area contributed by atoms with Gasteiger partial charge in [-0.15, -0.1) is 0 Å². The van der Waals surface area contributed by atoms with Crippen LogP contribution in [0.5, 0.6) is 5.75 Å². The Hall–Kier alpha value is -2.41. The monoisotopic (exact) mass is 268 g/mol. The van der Waals surface area contributed by atoms with E-state index in [1.165, 1.54) is 12.1 Å². The van der Waals surface area contributed by atoms with Crippen LogP contribution in [0.1, 0.15) is 16.3 Å². The Morgan fingerprint density at radius 3 is 2.58 bits per heavy atom. The summed E-state index contributed by atoms with van der Waals surface area (Å²) in [5.74, 6) is 3.25. The van der Waals surface area contributed by atoms with Crippen molar-refractivity contribution in [3.05, 3.63) is 53.5 Å². The number of rotatable bonds is 4. The molecule has 2 aromatic rings. The van der Waals surface area contributed by atoms with Crippen molar-refractivity contribution in [2.24, 2.45) is 5.84 Å². The summed E-state index contributed by atoms with van der Waals surface area (Å²) >= 11 is 0. The zero-order valence-electron chi connectivity index (χ0n) is 9.65. The van der Waals surface area contributed by atoms with Crippen molar-refractivity contribution in [1.82, 2.24) is 5.43 Å². The van der Waals surface area contributed by atoms with Crippen molar-refractivity contribution >= 4 is 5.91 Å². The number of ether oxygens (including phenoxy) is 1. The SMILES string of the molecule is NNC(=O)c1ccc(COc2cc(F)cc(F)c2)o1. The highest BCUT2D eigenvalue weighted by Crippen LogP contribution is 2.17. The topological polar surface area (TPSA) is 77.5 Å². The molecule has 0 aliphatic rings. The Morgan fingerprint density at radius 2 is 1.95 bits per heavy atom. The number of halogens is 2. The molecule has 2 rings (SSSR count). The molecule has 0 aliphatic carbocycles. The van der Waals surface area contributed by atoms with Gasteiger partial charge in [-0.05, 0) is 12.1 Å². The smallest absolute Gasteiger partial charge is 0.300 e. The summed E-state index contributed by atoms with van der Waals surface area (Å²) in [6.07, 6.45) is 0. The van der Waals surface area contributed by atoms with E-state index in [0.717, 1.165) is 18.2 Å². The van der Waals surface area contributed by atoms with Crippen LogP contribution in [0.15, 0.2) is 34.7 Å². The minimum absolute atomic E-state index is 0.0199. The van der Waals surface area contributed by atoms with Gasteiger partial charge in [0, 0.05) is 18.2 Å². The molecule has 19 heavy (non-hydrogen) atoms. The first kappa shape index (κ1) is 13.0. The van der Waals surface area contributed by atoms with E-state index in [4.69, 9.17) is 15.0 Å². The summed E-state index contributed by atoms with van der Waals surface area (Å²) < 4.78 is 36.1. The number of hydrogen-bond donors (Lipinski definition) is 2. The van der Waals surface area contributed by atoms with Gasteiger partial charge in [-0.3, -0.25) is 10.2 Å². The van der Waals surface area contributed by atoms with Crippen molar-refractivity contribution in [2.45, 2.75) is 6.61 Å². The van der Waals surface area contributed by atoms with Crippen LogP contribution in [0.4, 0.5) is 8.78 Å². The molecule has 7 heteroatoms. The third-order valence-corrected chi connectivity index (χ3v) is 2.23. The maximum absolute atomic E-state index is 12.9. The summed E-state index contributed by atoms with van der Waals surface area (Å²) in [5.41, 5.74) is 1.91. The molecule has 100 valence electrons. The Kier molecular flexibility index (Phi) is 3.76. The van der Waals surface area contributed by atoms with Gasteiger partial charge in [0.05, 0.1) is 0 Å². The number of carbonyl (C=O) groups excluding carboxylic acids is 1. The summed E-state index contributed by atoms with van der Waals surface area (Å²) in [6.45, 7) is -0.0687. The largest absolute Gasteiger partial charge is 0.485 e. The van der Waals surface area contributed by atoms with Gasteiger partial charge in [0.1, 0.15) is 29.8 Å². The first-order valence-electron chi connectivity index (χ1n) is 5.27. The quantitative estimate of drug-likeness (QED) is 0.503. The van der Waals surface area contributed by atoms with Crippen LogP contribution in [0, 0.1) is 11.6 Å². The van der Waals surface area contributed by atoms with Crippen LogP contribution in [0.2, 0.25) is 0 Å². The molecule has 0 fully saturated rings. The van der Waals surface area contributed by atoms with Crippen molar-refractivity contribution in [3.8, 4) is 5.75 Å². The molecule has 0 saturated heterocycles. The molecule has 1 aromatic heterocycles. The fraction of sp³-hybridized carbons (Fsp3) is 0.0833. The van der Waals surface area contributed by atoms with E-state index in [9.17, 15) is 13.6 Å². The van der Waals surface area contributed by atoms with E-state index in [1.807, 2.05) is 5.43 Å². The van der Waals surface area contributed by atoms with Crippen LogP contribution >= 0.6 is 0 Å². The lowest BCUT2D eigenvalue weighted by atomic mass is 10.3. The molecule has 0 aliphatic heterocycles. The molecular weight excluding hydrogens is 258 g/mol. The van der Waals surface area contributed by atoms with E-state index in [0.29, 0.717) is 5.76 Å². The molecular formula is C12H10F2N2O3. The molecule has 0 radical (unpaired) electrons. The summed E-state index contributed by atoms with van der Waals surface area (Å²) in [6, 6.07) is 5.73. The zero-order valence-corrected chi connectivity index (χ0v) is 9.65. The van der Waals surface area contributed by atoms with E-state index in [2.05, 4.69) is 0 Å². The minimum atomic E-state index is -0.738. The Bertz CT molecular complexity index is 578. The second-order valence-corrected chi connectivity index (χ2v) is 3.63.